The largest absolute Gasteiger partial charge is 0.480 e. The number of nitrogens with zero attached hydrogens (tertiary/aromatic N) is 2. The van der Waals surface area contributed by atoms with Crippen LogP contribution in [0.4, 0.5) is 0 Å². The van der Waals surface area contributed by atoms with E-state index in [-0.39, 0.29) is 6.04 Å². The summed E-state index contributed by atoms with van der Waals surface area (Å²) < 4.78 is 5.04. The molecule has 1 aromatic heterocycles. The molecule has 2 rings (SSSR count). The highest BCUT2D eigenvalue weighted by atomic mass is 16.5. The summed E-state index contributed by atoms with van der Waals surface area (Å²) in [5, 5.41) is 11.7. The van der Waals surface area contributed by atoms with Crippen LogP contribution in [-0.2, 0) is 0 Å². The minimum atomic E-state index is 0.0593. The second kappa shape index (κ2) is 6.29. The van der Waals surface area contributed by atoms with Gasteiger partial charge in [-0.25, -0.2) is 0 Å². The van der Waals surface area contributed by atoms with Crippen molar-refractivity contribution in [1.82, 2.24) is 15.5 Å². The Balaban J connectivity index is 2.30. The van der Waals surface area contributed by atoms with Crippen molar-refractivity contribution in [2.75, 3.05) is 13.7 Å². The number of rotatable bonds is 5. The number of aryl methyl sites for hydroxylation is 1. The molecule has 0 aliphatic carbocycles. The lowest BCUT2D eigenvalue weighted by Crippen LogP contribution is -2.23. The van der Waals surface area contributed by atoms with E-state index >= 15 is 0 Å². The van der Waals surface area contributed by atoms with E-state index in [9.17, 15) is 0 Å². The van der Waals surface area contributed by atoms with Crippen LogP contribution in [-0.4, -0.2) is 23.9 Å². The van der Waals surface area contributed by atoms with E-state index in [1.54, 1.807) is 7.11 Å². The van der Waals surface area contributed by atoms with Crippen LogP contribution in [0.2, 0.25) is 0 Å². The molecule has 0 aliphatic rings. The maximum Gasteiger partial charge on any atom is 0.233 e. The van der Waals surface area contributed by atoms with Gasteiger partial charge in [-0.15, -0.1) is 10.2 Å². The van der Waals surface area contributed by atoms with Crippen LogP contribution in [0.3, 0.4) is 0 Å². The lowest BCUT2D eigenvalue weighted by Gasteiger charge is -2.17. The molecule has 0 spiro atoms. The zero-order chi connectivity index (χ0) is 13.7. The molecule has 1 N–H and O–H groups in total. The zero-order valence-electron chi connectivity index (χ0n) is 11.6. The number of ether oxygens (including phenoxy) is 1. The number of hydrogen-bond acceptors (Lipinski definition) is 4. The summed E-state index contributed by atoms with van der Waals surface area (Å²) in [5.74, 6) is 0.530. The summed E-state index contributed by atoms with van der Waals surface area (Å²) in [6.45, 7) is 5.03. The molecule has 1 unspecified atom stereocenters. The first kappa shape index (κ1) is 13.5. The molecule has 100 valence electrons. The topological polar surface area (TPSA) is 47.0 Å². The van der Waals surface area contributed by atoms with E-state index in [4.69, 9.17) is 4.74 Å². The van der Waals surface area contributed by atoms with Crippen molar-refractivity contribution < 1.29 is 4.74 Å². The van der Waals surface area contributed by atoms with Gasteiger partial charge in [0.05, 0.1) is 18.8 Å². The average Bonchev–Trinajstić information content (AvgIpc) is 2.46. The Morgan fingerprint density at radius 1 is 1.11 bits per heavy atom. The van der Waals surface area contributed by atoms with Crippen LogP contribution >= 0.6 is 0 Å². The maximum atomic E-state index is 5.04. The molecule has 0 aliphatic heterocycles. The van der Waals surface area contributed by atoms with Gasteiger partial charge in [0.2, 0.25) is 5.88 Å². The quantitative estimate of drug-likeness (QED) is 0.894. The fourth-order valence-corrected chi connectivity index (χ4v) is 1.95. The summed E-state index contributed by atoms with van der Waals surface area (Å²) in [4.78, 5) is 0. The average molecular weight is 257 g/mol. The van der Waals surface area contributed by atoms with Crippen molar-refractivity contribution in [2.24, 2.45) is 0 Å². The normalized spacial score (nSPS) is 12.2. The van der Waals surface area contributed by atoms with E-state index in [1.165, 1.54) is 11.1 Å². The fraction of sp³-hybridized carbons (Fsp3) is 0.333. The molecule has 0 radical (unpaired) electrons. The lowest BCUT2D eigenvalue weighted by atomic mass is 10.0. The van der Waals surface area contributed by atoms with Crippen LogP contribution in [0.5, 0.6) is 5.88 Å². The van der Waals surface area contributed by atoms with Gasteiger partial charge in [0.25, 0.3) is 0 Å². The predicted molar refractivity (Wildman–Crippen MR) is 75.3 cm³/mol. The Morgan fingerprint density at radius 3 is 2.37 bits per heavy atom. The van der Waals surface area contributed by atoms with Gasteiger partial charge in [0.15, 0.2) is 0 Å². The second-order valence-electron chi connectivity index (χ2n) is 4.40. The molecule has 0 bridgehead atoms. The smallest absolute Gasteiger partial charge is 0.233 e. The van der Waals surface area contributed by atoms with Crippen LogP contribution in [0.25, 0.3) is 0 Å². The SMILES string of the molecule is CCNC(c1ccc(C)cc1)c1ccc(OC)nn1. The van der Waals surface area contributed by atoms with Crippen molar-refractivity contribution >= 4 is 0 Å². The summed E-state index contributed by atoms with van der Waals surface area (Å²) in [6, 6.07) is 12.3. The first-order valence-corrected chi connectivity index (χ1v) is 6.42. The number of methoxy groups -OCH3 is 1. The van der Waals surface area contributed by atoms with Gasteiger partial charge in [0.1, 0.15) is 0 Å². The monoisotopic (exact) mass is 257 g/mol. The third-order valence-electron chi connectivity index (χ3n) is 2.98. The fourth-order valence-electron chi connectivity index (χ4n) is 1.95. The number of aromatic nitrogens is 2. The van der Waals surface area contributed by atoms with Gasteiger partial charge in [-0.05, 0) is 25.1 Å². The van der Waals surface area contributed by atoms with E-state index in [0.29, 0.717) is 5.88 Å². The number of benzene rings is 1. The molecule has 4 nitrogen and oxygen atoms in total. The molecule has 1 aromatic carbocycles. The van der Waals surface area contributed by atoms with E-state index in [1.807, 2.05) is 12.1 Å². The molecular weight excluding hydrogens is 238 g/mol. The van der Waals surface area contributed by atoms with E-state index < -0.39 is 0 Å². The standard InChI is InChI=1S/C15H19N3O/c1-4-16-15(12-7-5-11(2)6-8-12)13-9-10-14(19-3)18-17-13/h5-10,15-16H,4H2,1-3H3. The molecule has 1 atom stereocenters. The van der Waals surface area contributed by atoms with Gasteiger partial charge >= 0.3 is 0 Å². The third-order valence-corrected chi connectivity index (χ3v) is 2.98. The Kier molecular flexibility index (Phi) is 4.47. The van der Waals surface area contributed by atoms with Crippen molar-refractivity contribution in [1.29, 1.82) is 0 Å². The molecule has 0 saturated heterocycles. The molecule has 19 heavy (non-hydrogen) atoms. The first-order chi connectivity index (χ1) is 9.24. The van der Waals surface area contributed by atoms with Crippen LogP contribution in [0.15, 0.2) is 36.4 Å². The minimum Gasteiger partial charge on any atom is -0.480 e. The lowest BCUT2D eigenvalue weighted by molar-refractivity contribution is 0.390. The Hall–Kier alpha value is -1.94. The molecule has 4 heteroatoms. The highest BCUT2D eigenvalue weighted by Gasteiger charge is 2.14. The maximum absolute atomic E-state index is 5.04. The molecular formula is C15H19N3O. The van der Waals surface area contributed by atoms with E-state index in [0.717, 1.165) is 12.2 Å². The van der Waals surface area contributed by atoms with Gasteiger partial charge in [-0.2, -0.15) is 0 Å². The summed E-state index contributed by atoms with van der Waals surface area (Å²) >= 11 is 0. The summed E-state index contributed by atoms with van der Waals surface area (Å²) in [7, 11) is 1.59. The highest BCUT2D eigenvalue weighted by Crippen LogP contribution is 2.21. The van der Waals surface area contributed by atoms with Crippen molar-refractivity contribution in [3.05, 3.63) is 53.2 Å². The van der Waals surface area contributed by atoms with Crippen molar-refractivity contribution in [3.8, 4) is 5.88 Å². The van der Waals surface area contributed by atoms with Gasteiger partial charge in [-0.3, -0.25) is 0 Å². The molecule has 2 aromatic rings. The van der Waals surface area contributed by atoms with Gasteiger partial charge in [0, 0.05) is 6.07 Å². The molecule has 0 fully saturated rings. The Bertz CT molecular complexity index is 508. The van der Waals surface area contributed by atoms with Crippen molar-refractivity contribution in [2.45, 2.75) is 19.9 Å². The minimum absolute atomic E-state index is 0.0593. The number of hydrogen-bond donors (Lipinski definition) is 1. The van der Waals surface area contributed by atoms with Crippen LogP contribution in [0, 0.1) is 6.92 Å². The Morgan fingerprint density at radius 2 is 1.84 bits per heavy atom. The predicted octanol–water partition coefficient (Wildman–Crippen LogP) is 2.49. The second-order valence-corrected chi connectivity index (χ2v) is 4.40. The Labute approximate surface area is 113 Å². The van der Waals surface area contributed by atoms with Crippen LogP contribution in [0.1, 0.15) is 29.8 Å². The zero-order valence-corrected chi connectivity index (χ0v) is 11.6. The third kappa shape index (κ3) is 3.29. The van der Waals surface area contributed by atoms with E-state index in [2.05, 4.69) is 53.6 Å². The first-order valence-electron chi connectivity index (χ1n) is 6.42. The molecule has 0 amide bonds. The summed E-state index contributed by atoms with van der Waals surface area (Å²) in [6.07, 6.45) is 0. The molecule has 1 heterocycles. The van der Waals surface area contributed by atoms with Crippen molar-refractivity contribution in [3.63, 3.8) is 0 Å². The number of nitrogens with one attached hydrogen (secondary N) is 1. The summed E-state index contributed by atoms with van der Waals surface area (Å²) in [5.41, 5.74) is 3.33. The van der Waals surface area contributed by atoms with Crippen LogP contribution < -0.4 is 10.1 Å². The van der Waals surface area contributed by atoms with Gasteiger partial charge < -0.3 is 10.1 Å². The highest BCUT2D eigenvalue weighted by molar-refractivity contribution is 5.30. The van der Waals surface area contributed by atoms with Gasteiger partial charge in [-0.1, -0.05) is 36.8 Å². The molecule has 0 saturated carbocycles.